The van der Waals surface area contributed by atoms with Crippen LogP contribution in [0.3, 0.4) is 0 Å². The molecule has 1 atom stereocenters. The summed E-state index contributed by atoms with van der Waals surface area (Å²) in [5.74, 6) is 0.627. The molecule has 0 saturated heterocycles. The molecule has 0 spiro atoms. The molecule has 4 heteroatoms. The largest absolute Gasteiger partial charge is 0.285 e. The van der Waals surface area contributed by atoms with Gasteiger partial charge < -0.3 is 0 Å². The van der Waals surface area contributed by atoms with Crippen molar-refractivity contribution in [3.05, 3.63) is 22.4 Å². The van der Waals surface area contributed by atoms with Crippen LogP contribution in [0.25, 0.3) is 0 Å². The van der Waals surface area contributed by atoms with Crippen LogP contribution in [0, 0.1) is 11.3 Å². The molecule has 1 heterocycles. The first kappa shape index (κ1) is 9.44. The third kappa shape index (κ3) is 1.99. The summed E-state index contributed by atoms with van der Waals surface area (Å²) in [4.78, 5) is 0. The number of hydrogen-bond acceptors (Lipinski definition) is 2. The summed E-state index contributed by atoms with van der Waals surface area (Å²) in [6.07, 6.45) is 0. The molecule has 0 fully saturated rings. The molecule has 0 amide bonds. The van der Waals surface area contributed by atoms with E-state index in [1.165, 1.54) is 0 Å². The zero-order valence-electron chi connectivity index (χ0n) is 5.28. The Morgan fingerprint density at radius 2 is 2.40 bits per heavy atom. The van der Waals surface area contributed by atoms with Gasteiger partial charge in [-0.25, -0.2) is 0 Å². The summed E-state index contributed by atoms with van der Waals surface area (Å²) < 4.78 is 0. The molecule has 0 aliphatic carbocycles. The van der Waals surface area contributed by atoms with Crippen molar-refractivity contribution in [3.63, 3.8) is 0 Å². The summed E-state index contributed by atoms with van der Waals surface area (Å²) in [7, 11) is 0.0485. The molecule has 0 radical (unpaired) electrons. The maximum Gasteiger partial charge on any atom is 0.177 e. The lowest BCUT2D eigenvalue weighted by Crippen LogP contribution is -1.85. The fourth-order valence-electron chi connectivity index (χ4n) is 0.570. The topological polar surface area (TPSA) is 49.8 Å². The van der Waals surface area contributed by atoms with E-state index in [9.17, 15) is 0 Å². The third-order valence-electron chi connectivity index (χ3n) is 1.02. The van der Waals surface area contributed by atoms with Gasteiger partial charge >= 0.3 is 0 Å². The van der Waals surface area contributed by atoms with Gasteiger partial charge in [-0.2, -0.15) is 5.26 Å². The van der Waals surface area contributed by atoms with Crippen molar-refractivity contribution < 1.29 is 0 Å². The SMILES string of the molecule is Cl.N#Cc1cc[s+](CN)c1. The van der Waals surface area contributed by atoms with Crippen molar-refractivity contribution in [3.8, 4) is 6.07 Å². The Labute approximate surface area is 68.7 Å². The summed E-state index contributed by atoms with van der Waals surface area (Å²) in [5.41, 5.74) is 6.10. The average Bonchev–Trinajstić information content (AvgIpc) is 2.34. The average molecular weight is 176 g/mol. The monoisotopic (exact) mass is 175 g/mol. The minimum Gasteiger partial charge on any atom is -0.285 e. The first-order valence-corrected chi connectivity index (χ1v) is 4.07. The van der Waals surface area contributed by atoms with Crippen LogP contribution in [0.1, 0.15) is 5.56 Å². The van der Waals surface area contributed by atoms with E-state index in [4.69, 9.17) is 11.0 Å². The minimum atomic E-state index is 0. The van der Waals surface area contributed by atoms with E-state index in [0.717, 1.165) is 5.56 Å². The molecular formula is C6H8ClN2S+. The van der Waals surface area contributed by atoms with Crippen LogP contribution in [0.2, 0.25) is 0 Å². The highest BCUT2D eigenvalue weighted by atomic mass is 35.5. The maximum atomic E-state index is 8.37. The lowest BCUT2D eigenvalue weighted by molar-refractivity contribution is 1.27. The van der Waals surface area contributed by atoms with Crippen LogP contribution in [0.5, 0.6) is 0 Å². The lowest BCUT2D eigenvalue weighted by Gasteiger charge is -1.71. The van der Waals surface area contributed by atoms with Crippen molar-refractivity contribution in [1.82, 2.24) is 0 Å². The van der Waals surface area contributed by atoms with Crippen molar-refractivity contribution in [1.29, 1.82) is 5.26 Å². The van der Waals surface area contributed by atoms with E-state index in [1.54, 1.807) is 0 Å². The normalized spacial score (nSPS) is 9.80. The van der Waals surface area contributed by atoms with E-state index in [-0.39, 0.29) is 22.9 Å². The molecule has 0 bridgehead atoms. The molecular weight excluding hydrogens is 168 g/mol. The fourth-order valence-corrected chi connectivity index (χ4v) is 1.63. The second-order valence-corrected chi connectivity index (χ2v) is 3.40. The highest BCUT2D eigenvalue weighted by molar-refractivity contribution is 7.27. The summed E-state index contributed by atoms with van der Waals surface area (Å²) >= 11 is 0. The minimum absolute atomic E-state index is 0. The highest BCUT2D eigenvalue weighted by Gasteiger charge is 2.02. The smallest absolute Gasteiger partial charge is 0.177 e. The molecule has 0 saturated carbocycles. The standard InChI is InChI=1S/C6H7N2S.ClH/c7-3-6-1-2-9(4-6)5-8;/h1-2,4H,5,8H2;1H/q+1;. The van der Waals surface area contributed by atoms with Gasteiger partial charge in [-0.05, 0) is 10.5 Å². The molecule has 2 nitrogen and oxygen atoms in total. The molecule has 1 unspecified atom stereocenters. The van der Waals surface area contributed by atoms with Gasteiger partial charge in [-0.15, -0.1) is 12.4 Å². The van der Waals surface area contributed by atoms with E-state index in [1.807, 2.05) is 16.8 Å². The quantitative estimate of drug-likeness (QED) is 0.660. The van der Waals surface area contributed by atoms with Crippen LogP contribution < -0.4 is 5.73 Å². The van der Waals surface area contributed by atoms with Crippen molar-refractivity contribution in [2.24, 2.45) is 5.73 Å². The summed E-state index contributed by atoms with van der Waals surface area (Å²) in [6, 6.07) is 3.87. The summed E-state index contributed by atoms with van der Waals surface area (Å²) in [5, 5.41) is 12.2. The van der Waals surface area contributed by atoms with E-state index < -0.39 is 0 Å². The number of nitrogens with zero attached hydrogens (tertiary/aromatic N) is 1. The Hall–Kier alpha value is -0.560. The van der Waals surface area contributed by atoms with Gasteiger partial charge in [0.25, 0.3) is 0 Å². The van der Waals surface area contributed by atoms with E-state index in [2.05, 4.69) is 6.07 Å². The number of halogens is 1. The van der Waals surface area contributed by atoms with Gasteiger partial charge in [-0.3, -0.25) is 5.73 Å². The molecule has 1 aromatic heterocycles. The van der Waals surface area contributed by atoms with Gasteiger partial charge in [0.2, 0.25) is 0 Å². The van der Waals surface area contributed by atoms with Crippen molar-refractivity contribution in [2.75, 3.05) is 0 Å². The number of hydrogen-bond donors (Lipinski definition) is 1. The first-order valence-electron chi connectivity index (χ1n) is 2.55. The second-order valence-electron chi connectivity index (χ2n) is 1.62. The maximum absolute atomic E-state index is 8.37. The lowest BCUT2D eigenvalue weighted by atomic mass is 10.4. The number of rotatable bonds is 1. The van der Waals surface area contributed by atoms with Gasteiger partial charge in [0.1, 0.15) is 17.0 Å². The number of thiophene rings is 1. The highest BCUT2D eigenvalue weighted by Crippen LogP contribution is 2.18. The predicted octanol–water partition coefficient (Wildman–Crippen LogP) is 1.65. The molecule has 2 N–H and O–H groups in total. The first-order chi connectivity index (χ1) is 4.36. The second kappa shape index (κ2) is 4.29. The van der Waals surface area contributed by atoms with Gasteiger partial charge in [0.05, 0.1) is 0 Å². The molecule has 0 aromatic carbocycles. The third-order valence-corrected chi connectivity index (χ3v) is 2.45. The van der Waals surface area contributed by atoms with Crippen LogP contribution >= 0.6 is 22.9 Å². The van der Waals surface area contributed by atoms with Crippen LogP contribution in [0.4, 0.5) is 0 Å². The summed E-state index contributed by atoms with van der Waals surface area (Å²) in [6.45, 7) is 0. The molecule has 1 rings (SSSR count). The van der Waals surface area contributed by atoms with Gasteiger partial charge in [0.15, 0.2) is 11.3 Å². The van der Waals surface area contributed by atoms with Gasteiger partial charge in [0, 0.05) is 6.07 Å². The molecule has 0 aliphatic heterocycles. The Morgan fingerprint density at radius 1 is 1.70 bits per heavy atom. The Balaban J connectivity index is 0.000000810. The number of nitrogens with two attached hydrogens (primary N) is 1. The zero-order valence-corrected chi connectivity index (χ0v) is 6.91. The van der Waals surface area contributed by atoms with E-state index in [0.29, 0.717) is 5.88 Å². The Bertz CT molecular complexity index is 238. The zero-order chi connectivity index (χ0) is 6.69. The van der Waals surface area contributed by atoms with E-state index >= 15 is 0 Å². The fraction of sp³-hybridized carbons (Fsp3) is 0.167. The van der Waals surface area contributed by atoms with Crippen LogP contribution in [-0.4, -0.2) is 0 Å². The molecule has 1 aromatic rings. The van der Waals surface area contributed by atoms with Crippen LogP contribution in [-0.2, 0) is 5.88 Å². The Morgan fingerprint density at radius 3 is 2.70 bits per heavy atom. The van der Waals surface area contributed by atoms with Gasteiger partial charge in [-0.1, -0.05) is 0 Å². The number of nitriles is 1. The van der Waals surface area contributed by atoms with Crippen molar-refractivity contribution >= 4 is 22.9 Å². The molecule has 10 heavy (non-hydrogen) atoms. The Kier molecular flexibility index (Phi) is 4.05. The van der Waals surface area contributed by atoms with Crippen molar-refractivity contribution in [2.45, 2.75) is 5.88 Å². The predicted molar refractivity (Wildman–Crippen MR) is 45.1 cm³/mol. The molecule has 54 valence electrons. The molecule has 0 aliphatic rings. The van der Waals surface area contributed by atoms with Crippen LogP contribution in [0.15, 0.2) is 16.8 Å².